The van der Waals surface area contributed by atoms with E-state index in [1.165, 1.54) is 6.07 Å². The molecule has 0 fully saturated rings. The van der Waals surface area contributed by atoms with Gasteiger partial charge in [-0.1, -0.05) is 35.9 Å². The molecule has 1 N–H and O–H groups in total. The van der Waals surface area contributed by atoms with Gasteiger partial charge in [-0.15, -0.1) is 0 Å². The molecule has 1 heterocycles. The molecule has 166 valence electrons. The van der Waals surface area contributed by atoms with E-state index in [4.69, 9.17) is 26.6 Å². The van der Waals surface area contributed by atoms with Crippen LogP contribution in [0.4, 0.5) is 4.39 Å². The normalized spacial score (nSPS) is 13.5. The maximum absolute atomic E-state index is 14.3. The molecular formula is C25H19ClFN3O3. The largest absolute Gasteiger partial charge is 0.452 e. The number of ether oxygens (including phenoxy) is 1. The van der Waals surface area contributed by atoms with Crippen molar-refractivity contribution in [1.29, 1.82) is 5.26 Å². The lowest BCUT2D eigenvalue weighted by molar-refractivity contribution is -0.124. The smallest absolute Gasteiger partial charge is 0.339 e. The van der Waals surface area contributed by atoms with E-state index in [2.05, 4.69) is 5.32 Å². The SMILES string of the molecule is N#CCCNC(=O)COC(=O)c1c2c(nc3ccccc13)/C(=C/c1c(F)cccc1Cl)CC2. The van der Waals surface area contributed by atoms with Crippen LogP contribution in [0, 0.1) is 17.1 Å². The first kappa shape index (κ1) is 22.4. The van der Waals surface area contributed by atoms with Crippen LogP contribution < -0.4 is 5.32 Å². The Kier molecular flexibility index (Phi) is 6.66. The standard InChI is InChI=1S/C25H19ClFN3O3/c26-19-6-3-7-20(27)18(19)13-15-9-10-17-23(16-5-1-2-8-21(16)30-24(15)17)25(32)33-14-22(31)29-12-4-11-28/h1-3,5-8,13H,4,9-10,12,14H2,(H,29,31)/b15-13+. The maximum atomic E-state index is 14.3. The number of nitriles is 1. The Labute approximate surface area is 194 Å². The lowest BCUT2D eigenvalue weighted by atomic mass is 10.0. The average Bonchev–Trinajstić information content (AvgIpc) is 3.20. The number of fused-ring (bicyclic) bond motifs is 2. The lowest BCUT2D eigenvalue weighted by Gasteiger charge is -2.12. The van der Waals surface area contributed by atoms with Crippen molar-refractivity contribution in [3.8, 4) is 6.07 Å². The molecule has 0 radical (unpaired) electrons. The Hall–Kier alpha value is -3.76. The van der Waals surface area contributed by atoms with E-state index in [0.717, 1.165) is 5.57 Å². The molecule has 0 spiro atoms. The first-order valence-electron chi connectivity index (χ1n) is 10.4. The topological polar surface area (TPSA) is 92.1 Å². The molecule has 4 rings (SSSR count). The summed E-state index contributed by atoms with van der Waals surface area (Å²) in [6, 6.07) is 13.6. The average molecular weight is 464 g/mol. The quantitative estimate of drug-likeness (QED) is 0.422. The van der Waals surface area contributed by atoms with Crippen LogP contribution >= 0.6 is 11.6 Å². The number of nitrogens with zero attached hydrogens (tertiary/aromatic N) is 2. The second-order valence-corrected chi connectivity index (χ2v) is 7.88. The summed E-state index contributed by atoms with van der Waals surface area (Å²) in [6.45, 7) is -0.267. The third kappa shape index (κ3) is 4.71. The van der Waals surface area contributed by atoms with Gasteiger partial charge >= 0.3 is 5.97 Å². The molecule has 8 heteroatoms. The van der Waals surface area contributed by atoms with Gasteiger partial charge in [-0.25, -0.2) is 14.2 Å². The van der Waals surface area contributed by atoms with Crippen molar-refractivity contribution in [2.45, 2.75) is 19.3 Å². The van der Waals surface area contributed by atoms with Crippen molar-refractivity contribution in [3.05, 3.63) is 75.7 Å². The number of esters is 1. The molecule has 33 heavy (non-hydrogen) atoms. The molecule has 1 aromatic heterocycles. The van der Waals surface area contributed by atoms with Crippen LogP contribution in [0.2, 0.25) is 5.02 Å². The van der Waals surface area contributed by atoms with E-state index in [1.54, 1.807) is 36.4 Å². The molecule has 6 nitrogen and oxygen atoms in total. The summed E-state index contributed by atoms with van der Waals surface area (Å²) in [5.41, 5.74) is 3.28. The van der Waals surface area contributed by atoms with Crippen molar-refractivity contribution < 1.29 is 18.7 Å². The number of rotatable bonds is 6. The Morgan fingerprint density at radius 1 is 1.21 bits per heavy atom. The molecule has 0 saturated carbocycles. The molecule has 0 bridgehead atoms. The predicted octanol–water partition coefficient (Wildman–Crippen LogP) is 4.70. The highest BCUT2D eigenvalue weighted by Gasteiger charge is 2.28. The van der Waals surface area contributed by atoms with Crippen molar-refractivity contribution in [1.82, 2.24) is 10.3 Å². The summed E-state index contributed by atoms with van der Waals surface area (Å²) in [4.78, 5) is 29.7. The predicted molar refractivity (Wildman–Crippen MR) is 123 cm³/mol. The van der Waals surface area contributed by atoms with E-state index in [1.807, 2.05) is 12.1 Å². The summed E-state index contributed by atoms with van der Waals surface area (Å²) >= 11 is 6.19. The van der Waals surface area contributed by atoms with Gasteiger partial charge in [-0.3, -0.25) is 4.79 Å². The minimum Gasteiger partial charge on any atom is -0.452 e. The number of amides is 1. The minimum atomic E-state index is -0.634. The summed E-state index contributed by atoms with van der Waals surface area (Å²) in [5, 5.41) is 12.0. The highest BCUT2D eigenvalue weighted by Crippen LogP contribution is 2.38. The molecule has 1 aliphatic rings. The van der Waals surface area contributed by atoms with Crippen LogP contribution in [0.1, 0.15) is 40.0 Å². The summed E-state index contributed by atoms with van der Waals surface area (Å²) < 4.78 is 19.6. The number of benzene rings is 2. The van der Waals surface area contributed by atoms with Gasteiger partial charge in [0.1, 0.15) is 5.82 Å². The van der Waals surface area contributed by atoms with E-state index < -0.39 is 24.3 Å². The minimum absolute atomic E-state index is 0.170. The van der Waals surface area contributed by atoms with E-state index >= 15 is 0 Å². The zero-order chi connectivity index (χ0) is 23.4. The number of carbonyl (C=O) groups excluding carboxylic acids is 2. The van der Waals surface area contributed by atoms with Gasteiger partial charge < -0.3 is 10.1 Å². The fraction of sp³-hybridized carbons (Fsp3) is 0.200. The molecule has 0 atom stereocenters. The van der Waals surface area contributed by atoms with Gasteiger partial charge in [0.2, 0.25) is 0 Å². The number of hydrogen-bond acceptors (Lipinski definition) is 5. The van der Waals surface area contributed by atoms with Gasteiger partial charge in [0, 0.05) is 17.5 Å². The number of aromatic nitrogens is 1. The Balaban J connectivity index is 1.70. The summed E-state index contributed by atoms with van der Waals surface area (Å²) in [6.07, 6.45) is 2.91. The highest BCUT2D eigenvalue weighted by atomic mass is 35.5. The zero-order valence-electron chi connectivity index (χ0n) is 17.5. The molecule has 0 saturated heterocycles. The van der Waals surface area contributed by atoms with Crippen molar-refractivity contribution in [3.63, 3.8) is 0 Å². The van der Waals surface area contributed by atoms with E-state index in [-0.39, 0.29) is 18.5 Å². The second-order valence-electron chi connectivity index (χ2n) is 7.47. The van der Waals surface area contributed by atoms with Crippen LogP contribution in [0.3, 0.4) is 0 Å². The zero-order valence-corrected chi connectivity index (χ0v) is 18.3. The van der Waals surface area contributed by atoms with Gasteiger partial charge in [-0.05, 0) is 48.3 Å². The molecule has 0 unspecified atom stereocenters. The summed E-state index contributed by atoms with van der Waals surface area (Å²) in [5.74, 6) is -1.56. The van der Waals surface area contributed by atoms with Gasteiger partial charge in [0.25, 0.3) is 5.91 Å². The van der Waals surface area contributed by atoms with E-state index in [0.29, 0.717) is 45.6 Å². The number of para-hydroxylation sites is 1. The number of nitrogens with one attached hydrogen (secondary N) is 1. The van der Waals surface area contributed by atoms with Gasteiger partial charge in [-0.2, -0.15) is 5.26 Å². The molecule has 2 aromatic carbocycles. The Morgan fingerprint density at radius 2 is 2.03 bits per heavy atom. The number of carbonyl (C=O) groups is 2. The first-order chi connectivity index (χ1) is 16.0. The number of halogens is 2. The fourth-order valence-corrected chi connectivity index (χ4v) is 4.06. The maximum Gasteiger partial charge on any atom is 0.339 e. The fourth-order valence-electron chi connectivity index (χ4n) is 3.85. The Morgan fingerprint density at radius 3 is 2.82 bits per heavy atom. The molecule has 1 amide bonds. The molecule has 3 aromatic rings. The first-order valence-corrected chi connectivity index (χ1v) is 10.7. The van der Waals surface area contributed by atoms with E-state index in [9.17, 15) is 14.0 Å². The monoisotopic (exact) mass is 463 g/mol. The second kappa shape index (κ2) is 9.80. The Bertz CT molecular complexity index is 1310. The molecular weight excluding hydrogens is 445 g/mol. The van der Waals surface area contributed by atoms with Gasteiger partial charge in [0.15, 0.2) is 6.61 Å². The van der Waals surface area contributed by atoms with Gasteiger partial charge in [0.05, 0.1) is 34.3 Å². The third-order valence-corrected chi connectivity index (χ3v) is 5.69. The highest BCUT2D eigenvalue weighted by molar-refractivity contribution is 6.32. The lowest BCUT2D eigenvalue weighted by Crippen LogP contribution is -2.29. The number of allylic oxidation sites excluding steroid dienone is 1. The van der Waals surface area contributed by atoms with Crippen LogP contribution in [-0.2, 0) is 16.0 Å². The number of hydrogen-bond donors (Lipinski definition) is 1. The van der Waals surface area contributed by atoms with Crippen molar-refractivity contribution in [2.24, 2.45) is 0 Å². The van der Waals surface area contributed by atoms with Crippen molar-refractivity contribution in [2.75, 3.05) is 13.2 Å². The summed E-state index contributed by atoms with van der Waals surface area (Å²) in [7, 11) is 0. The van der Waals surface area contributed by atoms with Crippen LogP contribution in [-0.4, -0.2) is 30.0 Å². The van der Waals surface area contributed by atoms with Crippen LogP contribution in [0.5, 0.6) is 0 Å². The van der Waals surface area contributed by atoms with Crippen LogP contribution in [0.15, 0.2) is 42.5 Å². The molecule has 0 aliphatic heterocycles. The third-order valence-electron chi connectivity index (χ3n) is 5.36. The van der Waals surface area contributed by atoms with Crippen LogP contribution in [0.25, 0.3) is 22.6 Å². The van der Waals surface area contributed by atoms with Crippen molar-refractivity contribution >= 4 is 46.0 Å². The number of pyridine rings is 1. The molecule has 1 aliphatic carbocycles.